The lowest BCUT2D eigenvalue weighted by Gasteiger charge is -2.22. The van der Waals surface area contributed by atoms with E-state index in [1.807, 2.05) is 12.4 Å². The fourth-order valence-electron chi connectivity index (χ4n) is 2.56. The van der Waals surface area contributed by atoms with Gasteiger partial charge in [0.1, 0.15) is 0 Å². The van der Waals surface area contributed by atoms with Crippen molar-refractivity contribution in [2.75, 3.05) is 18.0 Å². The van der Waals surface area contributed by atoms with Crippen molar-refractivity contribution in [3.63, 3.8) is 0 Å². The number of aromatic nitrogens is 1. The predicted molar refractivity (Wildman–Crippen MR) is 76.8 cm³/mol. The Hall–Kier alpha value is -1.09. The van der Waals surface area contributed by atoms with Gasteiger partial charge >= 0.3 is 0 Å². The second-order valence-electron chi connectivity index (χ2n) is 5.55. The Kier molecular flexibility index (Phi) is 4.59. The highest BCUT2D eigenvalue weighted by atomic mass is 15.2. The molecule has 0 spiro atoms. The minimum Gasteiger partial charge on any atom is -0.371 e. The van der Waals surface area contributed by atoms with Crippen molar-refractivity contribution in [2.45, 2.75) is 46.2 Å². The summed E-state index contributed by atoms with van der Waals surface area (Å²) >= 11 is 0. The van der Waals surface area contributed by atoms with Gasteiger partial charge in [-0.05, 0) is 18.4 Å². The highest BCUT2D eigenvalue weighted by Crippen LogP contribution is 2.27. The molecule has 3 heteroatoms. The maximum atomic E-state index is 4.27. The van der Waals surface area contributed by atoms with Gasteiger partial charge in [-0.25, -0.2) is 0 Å². The smallest absolute Gasteiger partial charge is 0.0442 e. The molecule has 0 aliphatic carbocycles. The van der Waals surface area contributed by atoms with Gasteiger partial charge in [0.15, 0.2) is 0 Å². The summed E-state index contributed by atoms with van der Waals surface area (Å²) in [6.45, 7) is 9.96. The maximum Gasteiger partial charge on any atom is 0.0442 e. The van der Waals surface area contributed by atoms with Crippen molar-refractivity contribution < 1.29 is 0 Å². The first-order valence-corrected chi connectivity index (χ1v) is 7.12. The van der Waals surface area contributed by atoms with Crippen molar-refractivity contribution in [1.82, 2.24) is 10.3 Å². The Bertz CT molecular complexity index is 376. The van der Waals surface area contributed by atoms with E-state index in [2.05, 4.69) is 42.0 Å². The van der Waals surface area contributed by atoms with Crippen molar-refractivity contribution in [2.24, 2.45) is 5.92 Å². The summed E-state index contributed by atoms with van der Waals surface area (Å²) in [4.78, 5) is 6.79. The number of anilines is 1. The molecule has 2 heterocycles. The fraction of sp³-hybridized carbons (Fsp3) is 0.667. The molecule has 18 heavy (non-hydrogen) atoms. The lowest BCUT2D eigenvalue weighted by Crippen LogP contribution is -2.25. The first-order valence-electron chi connectivity index (χ1n) is 7.12. The van der Waals surface area contributed by atoms with Crippen molar-refractivity contribution >= 4 is 5.69 Å². The molecule has 0 saturated carbocycles. The number of hydrogen-bond acceptors (Lipinski definition) is 3. The zero-order valence-corrected chi connectivity index (χ0v) is 11.8. The molecule has 2 rings (SSSR count). The molecular formula is C15H25N3. The first kappa shape index (κ1) is 13.3. The Morgan fingerprint density at radius 1 is 1.50 bits per heavy atom. The molecule has 0 bridgehead atoms. The molecule has 100 valence electrons. The number of nitrogens with one attached hydrogen (secondary N) is 1. The summed E-state index contributed by atoms with van der Waals surface area (Å²) < 4.78 is 0. The van der Waals surface area contributed by atoms with Crippen LogP contribution in [0.25, 0.3) is 0 Å². The van der Waals surface area contributed by atoms with Crippen molar-refractivity contribution in [3.8, 4) is 0 Å². The summed E-state index contributed by atoms with van der Waals surface area (Å²) in [5.41, 5.74) is 2.69. The molecule has 0 radical (unpaired) electrons. The van der Waals surface area contributed by atoms with Crippen LogP contribution >= 0.6 is 0 Å². The molecule has 0 amide bonds. The molecule has 1 aromatic heterocycles. The van der Waals surface area contributed by atoms with Gasteiger partial charge in [0.2, 0.25) is 0 Å². The van der Waals surface area contributed by atoms with Gasteiger partial charge < -0.3 is 10.2 Å². The fourth-order valence-corrected chi connectivity index (χ4v) is 2.56. The topological polar surface area (TPSA) is 28.2 Å². The van der Waals surface area contributed by atoms with Crippen LogP contribution in [0.1, 0.15) is 39.2 Å². The van der Waals surface area contributed by atoms with E-state index in [0.29, 0.717) is 6.04 Å². The number of hydrogen-bond donors (Lipinski definition) is 1. The summed E-state index contributed by atoms with van der Waals surface area (Å²) in [6.07, 6.45) is 6.54. The molecule has 1 unspecified atom stereocenters. The van der Waals surface area contributed by atoms with Gasteiger partial charge in [-0.2, -0.15) is 0 Å². The minimum atomic E-state index is 0.514. The van der Waals surface area contributed by atoms with Crippen LogP contribution in [0, 0.1) is 5.92 Å². The Balaban J connectivity index is 2.07. The minimum absolute atomic E-state index is 0.514. The molecule has 3 nitrogen and oxygen atoms in total. The highest BCUT2D eigenvalue weighted by molar-refractivity contribution is 5.53. The third-order valence-corrected chi connectivity index (χ3v) is 3.78. The molecule has 0 aromatic carbocycles. The SMILES string of the molecule is CCC1CCN(c2ccncc2CNC(C)C)C1. The summed E-state index contributed by atoms with van der Waals surface area (Å²) in [5.74, 6) is 0.865. The normalized spacial score (nSPS) is 19.8. The van der Waals surface area contributed by atoms with Crippen LogP contribution in [0.5, 0.6) is 0 Å². The van der Waals surface area contributed by atoms with E-state index in [4.69, 9.17) is 0 Å². The lowest BCUT2D eigenvalue weighted by atomic mass is 10.1. The van der Waals surface area contributed by atoms with Crippen LogP contribution in [-0.4, -0.2) is 24.1 Å². The second-order valence-corrected chi connectivity index (χ2v) is 5.55. The van der Waals surface area contributed by atoms with Crippen molar-refractivity contribution in [1.29, 1.82) is 0 Å². The van der Waals surface area contributed by atoms with Gasteiger partial charge in [-0.1, -0.05) is 27.2 Å². The quantitative estimate of drug-likeness (QED) is 0.867. The Labute approximate surface area is 111 Å². The van der Waals surface area contributed by atoms with Crippen LogP contribution in [0.4, 0.5) is 5.69 Å². The van der Waals surface area contributed by atoms with E-state index in [9.17, 15) is 0 Å². The monoisotopic (exact) mass is 247 g/mol. The van der Waals surface area contributed by atoms with E-state index in [-0.39, 0.29) is 0 Å². The van der Waals surface area contributed by atoms with E-state index >= 15 is 0 Å². The predicted octanol–water partition coefficient (Wildman–Crippen LogP) is 2.82. The zero-order chi connectivity index (χ0) is 13.0. The third-order valence-electron chi connectivity index (χ3n) is 3.78. The van der Waals surface area contributed by atoms with Gasteiger partial charge in [0.25, 0.3) is 0 Å². The van der Waals surface area contributed by atoms with Gasteiger partial charge in [0, 0.05) is 49.3 Å². The zero-order valence-electron chi connectivity index (χ0n) is 11.8. The Morgan fingerprint density at radius 2 is 2.33 bits per heavy atom. The van der Waals surface area contributed by atoms with E-state index in [1.54, 1.807) is 0 Å². The van der Waals surface area contributed by atoms with Crippen molar-refractivity contribution in [3.05, 3.63) is 24.0 Å². The standard InChI is InChI=1S/C15H25N3/c1-4-13-6-8-18(11-13)15-5-7-16-9-14(15)10-17-12(2)3/h5,7,9,12-13,17H,4,6,8,10-11H2,1-3H3. The van der Waals surface area contributed by atoms with E-state index in [0.717, 1.165) is 12.5 Å². The average molecular weight is 247 g/mol. The molecule has 1 fully saturated rings. The number of pyridine rings is 1. The van der Waals surface area contributed by atoms with Crippen LogP contribution in [0.2, 0.25) is 0 Å². The second kappa shape index (κ2) is 6.19. The molecule has 1 aromatic rings. The van der Waals surface area contributed by atoms with Gasteiger partial charge in [-0.15, -0.1) is 0 Å². The first-order chi connectivity index (χ1) is 8.70. The molecule has 1 atom stereocenters. The third kappa shape index (κ3) is 3.22. The molecule has 1 N–H and O–H groups in total. The molecule has 1 aliphatic heterocycles. The summed E-state index contributed by atoms with van der Waals surface area (Å²) in [6, 6.07) is 2.68. The molecule has 1 aliphatic rings. The van der Waals surface area contributed by atoms with E-state index in [1.165, 1.54) is 37.2 Å². The number of rotatable bonds is 5. The maximum absolute atomic E-state index is 4.27. The molecule has 1 saturated heterocycles. The van der Waals surface area contributed by atoms with Gasteiger partial charge in [-0.3, -0.25) is 4.98 Å². The highest BCUT2D eigenvalue weighted by Gasteiger charge is 2.22. The lowest BCUT2D eigenvalue weighted by molar-refractivity contribution is 0.568. The van der Waals surface area contributed by atoms with Crippen LogP contribution in [-0.2, 0) is 6.54 Å². The van der Waals surface area contributed by atoms with E-state index < -0.39 is 0 Å². The summed E-state index contributed by atoms with van der Waals surface area (Å²) in [7, 11) is 0. The number of nitrogens with zero attached hydrogens (tertiary/aromatic N) is 2. The van der Waals surface area contributed by atoms with Crippen LogP contribution in [0.15, 0.2) is 18.5 Å². The van der Waals surface area contributed by atoms with Gasteiger partial charge in [0.05, 0.1) is 0 Å². The Morgan fingerprint density at radius 3 is 3.00 bits per heavy atom. The average Bonchev–Trinajstić information content (AvgIpc) is 2.85. The largest absolute Gasteiger partial charge is 0.371 e. The van der Waals surface area contributed by atoms with Crippen LogP contribution in [0.3, 0.4) is 0 Å². The molecular weight excluding hydrogens is 222 g/mol. The van der Waals surface area contributed by atoms with Crippen LogP contribution < -0.4 is 10.2 Å². The summed E-state index contributed by atoms with van der Waals surface area (Å²) in [5, 5.41) is 3.48.